The average Bonchev–Trinajstić information content (AvgIpc) is 1.88. The van der Waals surface area contributed by atoms with Crippen LogP contribution in [-0.4, -0.2) is 46.0 Å². The summed E-state index contributed by atoms with van der Waals surface area (Å²) in [6.07, 6.45) is 0. The second-order valence-corrected chi connectivity index (χ2v) is 42.9. The van der Waals surface area contributed by atoms with Gasteiger partial charge in [-0.3, -0.25) is 0 Å². The van der Waals surface area contributed by atoms with Gasteiger partial charge in [0.1, 0.15) is 0 Å². The summed E-state index contributed by atoms with van der Waals surface area (Å²) < 4.78 is 1.93. The van der Waals surface area contributed by atoms with Crippen LogP contribution in [0, 0.1) is 0 Å². The Morgan fingerprint density at radius 1 is 0.500 bits per heavy atom. The van der Waals surface area contributed by atoms with Crippen LogP contribution in [-0.2, 0) is 0 Å². The first kappa shape index (κ1) is 21.7. The Kier molecular flexibility index (Phi) is 7.25. The van der Waals surface area contributed by atoms with Crippen LogP contribution in [0.5, 0.6) is 0 Å². The van der Waals surface area contributed by atoms with Crippen molar-refractivity contribution >= 4 is 56.0 Å². The number of halogens is 1. The summed E-state index contributed by atoms with van der Waals surface area (Å²) in [6.45, 7) is 30.9. The third-order valence-corrected chi connectivity index (χ3v) is 53.5. The molecule has 0 aliphatic carbocycles. The van der Waals surface area contributed by atoms with Crippen molar-refractivity contribution in [2.75, 3.05) is 0 Å². The van der Waals surface area contributed by atoms with Gasteiger partial charge in [0.25, 0.3) is 0 Å². The molecule has 6 heteroatoms. The van der Waals surface area contributed by atoms with Crippen molar-refractivity contribution in [1.29, 1.82) is 0 Å². The summed E-state index contributed by atoms with van der Waals surface area (Å²) >= 11 is -1.29. The Bertz CT molecular complexity index is 260. The van der Waals surface area contributed by atoms with E-state index in [1.54, 1.807) is 0 Å². The zero-order valence-electron chi connectivity index (χ0n) is 16.0. The number of hydrogen-bond acceptors (Lipinski definition) is 0. The van der Waals surface area contributed by atoms with Gasteiger partial charge in [0.05, 0.1) is 0 Å². The third kappa shape index (κ3) is 6.08. The Morgan fingerprint density at radius 2 is 0.650 bits per heavy atom. The molecule has 0 nitrogen and oxygen atoms in total. The van der Waals surface area contributed by atoms with E-state index in [9.17, 15) is 0 Å². The number of hydrogen-bond donors (Lipinski definition) is 0. The van der Waals surface area contributed by atoms with E-state index < -0.39 is 46.0 Å². The topological polar surface area (TPSA) is 0 Å². The van der Waals surface area contributed by atoms with Gasteiger partial charge in [-0.1, -0.05) is 0 Å². The van der Waals surface area contributed by atoms with Crippen LogP contribution < -0.4 is 0 Å². The van der Waals surface area contributed by atoms with Crippen LogP contribution in [0.2, 0.25) is 86.5 Å². The van der Waals surface area contributed by atoms with E-state index in [2.05, 4.69) is 78.6 Å². The molecule has 0 aromatic heterocycles. The maximum absolute atomic E-state index is 7.44. The molecule has 0 bridgehead atoms. The SMILES string of the molecule is C[Si](C)(C)C([As](Cl)C([Si](C)(C)C)[Si](C)(C)C)[Si](C)(C)C. The van der Waals surface area contributed by atoms with Gasteiger partial charge in [-0.25, -0.2) is 0 Å². The molecular formula is C14H38AsClSi4. The fourth-order valence-corrected chi connectivity index (χ4v) is 71.7. The molecule has 0 amide bonds. The molecule has 122 valence electrons. The Balaban J connectivity index is 5.81. The Morgan fingerprint density at radius 3 is 0.750 bits per heavy atom. The molecule has 0 saturated carbocycles. The van der Waals surface area contributed by atoms with Crippen molar-refractivity contribution in [3.63, 3.8) is 0 Å². The predicted octanol–water partition coefficient (Wildman–Crippen LogP) is 6.47. The van der Waals surface area contributed by atoms with Gasteiger partial charge in [-0.15, -0.1) is 0 Å². The van der Waals surface area contributed by atoms with E-state index >= 15 is 0 Å². The van der Waals surface area contributed by atoms with E-state index in [1.807, 2.05) is 0 Å². The standard InChI is InChI=1S/C14H38AsClSi4/c1-17(2,3)13(18(4,5)6)15(16)14(19(7,8)9)20(10,11)12/h13-14H,1-12H3. The van der Waals surface area contributed by atoms with Crippen LogP contribution in [0.3, 0.4) is 0 Å². The second kappa shape index (κ2) is 6.68. The fraction of sp³-hybridized carbons (Fsp3) is 1.00. The first-order valence-corrected chi connectivity index (χ1v) is 26.8. The zero-order chi connectivity index (χ0) is 16.7. The van der Waals surface area contributed by atoms with E-state index in [0.717, 1.165) is 7.90 Å². The first-order chi connectivity index (χ1) is 8.40. The molecule has 0 aliphatic rings. The first-order valence-electron chi connectivity index (χ1n) is 7.84. The van der Waals surface area contributed by atoms with Gasteiger partial charge in [-0.2, -0.15) is 0 Å². The van der Waals surface area contributed by atoms with Crippen molar-refractivity contribution in [2.45, 2.75) is 86.5 Å². The molecule has 0 aromatic carbocycles. The van der Waals surface area contributed by atoms with Gasteiger partial charge in [0, 0.05) is 0 Å². The van der Waals surface area contributed by atoms with Crippen molar-refractivity contribution in [2.24, 2.45) is 0 Å². The molecule has 0 rings (SSSR count). The third-order valence-electron chi connectivity index (χ3n) is 3.77. The quantitative estimate of drug-likeness (QED) is 0.425. The van der Waals surface area contributed by atoms with Crippen LogP contribution in [0.25, 0.3) is 0 Å². The van der Waals surface area contributed by atoms with Crippen molar-refractivity contribution in [1.82, 2.24) is 0 Å². The summed E-state index contributed by atoms with van der Waals surface area (Å²) in [7, 11) is 2.77. The van der Waals surface area contributed by atoms with E-state index in [-0.39, 0.29) is 0 Å². The number of rotatable bonds is 6. The molecule has 0 radical (unpaired) electrons. The molecule has 0 unspecified atom stereocenters. The summed E-state index contributed by atoms with van der Waals surface area (Å²) in [5, 5.41) is 0. The molecule has 0 atom stereocenters. The van der Waals surface area contributed by atoms with Crippen LogP contribution in [0.1, 0.15) is 0 Å². The summed E-state index contributed by atoms with van der Waals surface area (Å²) in [6, 6.07) is 0. The van der Waals surface area contributed by atoms with Gasteiger partial charge in [0.2, 0.25) is 0 Å². The molecule has 0 aliphatic heterocycles. The maximum atomic E-state index is 7.44. The summed E-state index contributed by atoms with van der Waals surface area (Å²) in [5.41, 5.74) is 0. The summed E-state index contributed by atoms with van der Waals surface area (Å²) in [4.78, 5) is 0. The van der Waals surface area contributed by atoms with Crippen molar-refractivity contribution in [3.05, 3.63) is 0 Å². The van der Waals surface area contributed by atoms with E-state index in [1.165, 1.54) is 0 Å². The van der Waals surface area contributed by atoms with Crippen molar-refractivity contribution < 1.29 is 0 Å². The molecule has 0 heterocycles. The molecular weight excluding hydrogens is 391 g/mol. The van der Waals surface area contributed by atoms with Crippen LogP contribution >= 0.6 is 9.95 Å². The van der Waals surface area contributed by atoms with Gasteiger partial charge in [0.15, 0.2) is 0 Å². The molecule has 0 N–H and O–H groups in total. The summed E-state index contributed by atoms with van der Waals surface area (Å²) in [5.74, 6) is 0. The van der Waals surface area contributed by atoms with Gasteiger partial charge < -0.3 is 0 Å². The molecule has 20 heavy (non-hydrogen) atoms. The minimum atomic E-state index is -1.29. The molecule has 0 saturated heterocycles. The van der Waals surface area contributed by atoms with Crippen molar-refractivity contribution in [3.8, 4) is 0 Å². The van der Waals surface area contributed by atoms with Crippen LogP contribution in [0.15, 0.2) is 0 Å². The van der Waals surface area contributed by atoms with Gasteiger partial charge in [-0.05, 0) is 0 Å². The molecule has 0 spiro atoms. The zero-order valence-corrected chi connectivity index (χ0v) is 22.6. The Hall–Kier alpha value is 1.72. The monoisotopic (exact) mass is 428 g/mol. The minimum absolute atomic E-state index is 0.965. The van der Waals surface area contributed by atoms with Gasteiger partial charge >= 0.3 is 142 Å². The molecule has 0 fully saturated rings. The molecule has 0 aromatic rings. The average molecular weight is 429 g/mol. The predicted molar refractivity (Wildman–Crippen MR) is 112 cm³/mol. The normalized spacial score (nSPS) is 15.6. The second-order valence-electron chi connectivity index (χ2n) is 10.6. The Labute approximate surface area is 141 Å². The van der Waals surface area contributed by atoms with E-state index in [0.29, 0.717) is 0 Å². The van der Waals surface area contributed by atoms with Crippen LogP contribution in [0.4, 0.5) is 0 Å². The van der Waals surface area contributed by atoms with E-state index in [4.69, 9.17) is 9.95 Å². The fourth-order valence-electron chi connectivity index (χ4n) is 4.23.